The Morgan fingerprint density at radius 1 is 1.13 bits per heavy atom. The van der Waals surface area contributed by atoms with Crippen LogP contribution in [0.5, 0.6) is 0 Å². The summed E-state index contributed by atoms with van der Waals surface area (Å²) in [5, 5.41) is 15.1. The van der Waals surface area contributed by atoms with Gasteiger partial charge in [0, 0.05) is 18.1 Å². The minimum atomic E-state index is -0.898. The summed E-state index contributed by atoms with van der Waals surface area (Å²) in [4.78, 5) is 10.7. The first kappa shape index (κ1) is 16.1. The Morgan fingerprint density at radius 3 is 2.43 bits per heavy atom. The van der Waals surface area contributed by atoms with Gasteiger partial charge in [0.15, 0.2) is 0 Å². The van der Waals surface area contributed by atoms with Gasteiger partial charge in [-0.1, -0.05) is 42.0 Å². The molecule has 0 unspecified atom stereocenters. The number of hydrogen-bond donors (Lipinski definition) is 3. The van der Waals surface area contributed by atoms with Crippen molar-refractivity contribution in [1.29, 1.82) is 0 Å². The maximum atomic E-state index is 10.7. The van der Waals surface area contributed by atoms with Gasteiger partial charge in [-0.3, -0.25) is 0 Å². The summed E-state index contributed by atoms with van der Waals surface area (Å²) < 4.78 is 0. The van der Waals surface area contributed by atoms with Gasteiger partial charge in [0.2, 0.25) is 0 Å². The van der Waals surface area contributed by atoms with Crippen LogP contribution in [-0.4, -0.2) is 29.3 Å². The van der Waals surface area contributed by atoms with Crippen LogP contribution in [0.15, 0.2) is 35.9 Å². The molecule has 124 valence electrons. The second-order valence-corrected chi connectivity index (χ2v) is 6.91. The summed E-state index contributed by atoms with van der Waals surface area (Å²) in [5.74, 6) is 0.657. The van der Waals surface area contributed by atoms with Crippen LogP contribution in [0.1, 0.15) is 44.6 Å². The molecule has 0 radical (unpaired) electrons. The molecule has 2 atom stereocenters. The number of hydrogen-bond acceptors (Lipinski definition) is 2. The Hall–Kier alpha value is -1.81. The highest BCUT2D eigenvalue weighted by atomic mass is 16.4. The Bertz CT molecular complexity index is 562. The lowest BCUT2D eigenvalue weighted by Gasteiger charge is -2.29. The third kappa shape index (κ3) is 4.58. The van der Waals surface area contributed by atoms with Gasteiger partial charge in [-0.25, -0.2) is 4.79 Å². The molecule has 0 heterocycles. The van der Waals surface area contributed by atoms with Crippen LogP contribution in [0.3, 0.4) is 0 Å². The van der Waals surface area contributed by atoms with Crippen LogP contribution in [0, 0.1) is 5.92 Å². The zero-order chi connectivity index (χ0) is 16.2. The Morgan fingerprint density at radius 2 is 1.78 bits per heavy atom. The summed E-state index contributed by atoms with van der Waals surface area (Å²) in [5.41, 5.74) is 2.73. The molecular formula is C19H26N2O2. The number of benzene rings is 1. The lowest BCUT2D eigenvalue weighted by Crippen LogP contribution is -2.42. The van der Waals surface area contributed by atoms with Crippen LogP contribution in [0.2, 0.25) is 0 Å². The average Bonchev–Trinajstić information content (AvgIpc) is 3.29. The highest BCUT2D eigenvalue weighted by Gasteiger charge is 2.39. The summed E-state index contributed by atoms with van der Waals surface area (Å²) in [6, 6.07) is 11.8. The van der Waals surface area contributed by atoms with Gasteiger partial charge in [-0.2, -0.15) is 0 Å². The van der Waals surface area contributed by atoms with Gasteiger partial charge in [0.1, 0.15) is 0 Å². The third-order valence-electron chi connectivity index (χ3n) is 5.07. The SMILES string of the molecule is CC(=Cc1ccccc1)[C@@H]1C[C@H]1N[C@H]1CC[C@@H](NC(=O)O)CC1. The van der Waals surface area contributed by atoms with Crippen molar-refractivity contribution in [1.82, 2.24) is 10.6 Å². The number of carboxylic acid groups (broad SMARTS) is 1. The normalized spacial score (nSPS) is 30.7. The second-order valence-electron chi connectivity index (χ2n) is 6.91. The molecule has 1 amide bonds. The van der Waals surface area contributed by atoms with E-state index in [1.165, 1.54) is 17.6 Å². The first-order chi connectivity index (χ1) is 11.1. The van der Waals surface area contributed by atoms with Crippen molar-refractivity contribution >= 4 is 12.2 Å². The number of nitrogens with one attached hydrogen (secondary N) is 2. The van der Waals surface area contributed by atoms with Crippen molar-refractivity contribution in [3.05, 3.63) is 41.5 Å². The molecule has 0 spiro atoms. The van der Waals surface area contributed by atoms with Crippen LogP contribution >= 0.6 is 0 Å². The van der Waals surface area contributed by atoms with Crippen molar-refractivity contribution in [2.24, 2.45) is 5.92 Å². The van der Waals surface area contributed by atoms with E-state index in [1.807, 2.05) is 6.07 Å². The van der Waals surface area contributed by atoms with Gasteiger partial charge in [-0.05, 0) is 50.5 Å². The molecule has 2 saturated carbocycles. The summed E-state index contributed by atoms with van der Waals surface area (Å²) in [6.07, 6.45) is 6.64. The van der Waals surface area contributed by atoms with E-state index in [4.69, 9.17) is 5.11 Å². The van der Waals surface area contributed by atoms with E-state index in [9.17, 15) is 4.79 Å². The molecule has 0 aromatic heterocycles. The van der Waals surface area contributed by atoms with E-state index in [0.717, 1.165) is 25.7 Å². The van der Waals surface area contributed by atoms with Gasteiger partial charge in [0.25, 0.3) is 0 Å². The first-order valence-electron chi connectivity index (χ1n) is 8.60. The number of carbonyl (C=O) groups is 1. The van der Waals surface area contributed by atoms with Crippen LogP contribution in [0.4, 0.5) is 4.79 Å². The first-order valence-corrected chi connectivity index (χ1v) is 8.60. The van der Waals surface area contributed by atoms with Gasteiger partial charge in [-0.15, -0.1) is 0 Å². The maximum Gasteiger partial charge on any atom is 0.404 e. The highest BCUT2D eigenvalue weighted by Crippen LogP contribution is 2.39. The van der Waals surface area contributed by atoms with Gasteiger partial charge >= 0.3 is 6.09 Å². The lowest BCUT2D eigenvalue weighted by atomic mass is 9.91. The fraction of sp³-hybridized carbons (Fsp3) is 0.526. The zero-order valence-corrected chi connectivity index (χ0v) is 13.7. The van der Waals surface area contributed by atoms with Crippen molar-refractivity contribution in [2.75, 3.05) is 0 Å². The standard InChI is InChI=1S/C19H26N2O2/c1-13(11-14-5-3-2-4-6-14)17-12-18(17)20-15-7-9-16(10-8-15)21-19(22)23/h2-6,11,15-18,20-21H,7-10,12H2,1H3,(H,22,23)/t15-,16+,17-,18+/m0/s1. The van der Waals surface area contributed by atoms with Crippen molar-refractivity contribution < 1.29 is 9.90 Å². The summed E-state index contributed by atoms with van der Waals surface area (Å²) in [6.45, 7) is 2.23. The molecule has 23 heavy (non-hydrogen) atoms. The van der Waals surface area contributed by atoms with Crippen molar-refractivity contribution in [3.8, 4) is 0 Å². The molecular weight excluding hydrogens is 288 g/mol. The fourth-order valence-corrected chi connectivity index (χ4v) is 3.68. The molecule has 0 aliphatic heterocycles. The molecule has 1 aromatic carbocycles. The average molecular weight is 314 g/mol. The molecule has 0 saturated heterocycles. The third-order valence-corrected chi connectivity index (χ3v) is 5.07. The summed E-state index contributed by atoms with van der Waals surface area (Å²) >= 11 is 0. The molecule has 4 heteroatoms. The Labute approximate surface area is 138 Å². The molecule has 3 rings (SSSR count). The zero-order valence-electron chi connectivity index (χ0n) is 13.7. The minimum absolute atomic E-state index is 0.139. The van der Waals surface area contributed by atoms with Crippen LogP contribution < -0.4 is 10.6 Å². The van der Waals surface area contributed by atoms with E-state index in [-0.39, 0.29) is 6.04 Å². The molecule has 2 fully saturated rings. The van der Waals surface area contributed by atoms with Gasteiger partial charge < -0.3 is 15.7 Å². The monoisotopic (exact) mass is 314 g/mol. The topological polar surface area (TPSA) is 61.4 Å². The summed E-state index contributed by atoms with van der Waals surface area (Å²) in [7, 11) is 0. The minimum Gasteiger partial charge on any atom is -0.465 e. The molecule has 1 aromatic rings. The molecule has 3 N–H and O–H groups in total. The van der Waals surface area contributed by atoms with E-state index >= 15 is 0 Å². The van der Waals surface area contributed by atoms with Crippen LogP contribution in [0.25, 0.3) is 6.08 Å². The van der Waals surface area contributed by atoms with Crippen molar-refractivity contribution in [2.45, 2.75) is 57.2 Å². The highest BCUT2D eigenvalue weighted by molar-refractivity contribution is 5.64. The number of rotatable bonds is 5. The molecule has 2 aliphatic carbocycles. The van der Waals surface area contributed by atoms with Crippen molar-refractivity contribution in [3.63, 3.8) is 0 Å². The maximum absolute atomic E-state index is 10.7. The van der Waals surface area contributed by atoms with E-state index in [0.29, 0.717) is 18.0 Å². The second kappa shape index (κ2) is 7.18. The van der Waals surface area contributed by atoms with E-state index < -0.39 is 6.09 Å². The Kier molecular flexibility index (Phi) is 5.01. The lowest BCUT2D eigenvalue weighted by molar-refractivity contribution is 0.183. The number of amides is 1. The van der Waals surface area contributed by atoms with E-state index in [2.05, 4.69) is 47.9 Å². The molecule has 0 bridgehead atoms. The Balaban J connectivity index is 1.43. The molecule has 2 aliphatic rings. The quantitative estimate of drug-likeness (QED) is 0.777. The predicted molar refractivity (Wildman–Crippen MR) is 92.3 cm³/mol. The smallest absolute Gasteiger partial charge is 0.404 e. The van der Waals surface area contributed by atoms with Gasteiger partial charge in [0.05, 0.1) is 0 Å². The largest absolute Gasteiger partial charge is 0.465 e. The van der Waals surface area contributed by atoms with E-state index in [1.54, 1.807) is 0 Å². The fourth-order valence-electron chi connectivity index (χ4n) is 3.68. The molecule has 4 nitrogen and oxygen atoms in total. The predicted octanol–water partition coefficient (Wildman–Crippen LogP) is 3.65. The van der Waals surface area contributed by atoms with Crippen LogP contribution in [-0.2, 0) is 0 Å².